The molecule has 0 bridgehead atoms. The predicted molar refractivity (Wildman–Crippen MR) is 102 cm³/mol. The SMILES string of the molecule is Cc1nc(C2CCCN(C(=O)CCc3ccccc3C(=O)O)C2)sc1C. The van der Waals surface area contributed by atoms with Crippen molar-refractivity contribution in [2.75, 3.05) is 13.1 Å². The quantitative estimate of drug-likeness (QED) is 0.867. The first-order valence-corrected chi connectivity index (χ1v) is 9.80. The third kappa shape index (κ3) is 4.12. The number of aryl methyl sites for hydroxylation is 3. The van der Waals surface area contributed by atoms with Crippen LogP contribution in [0.3, 0.4) is 0 Å². The number of carboxylic acid groups (broad SMARTS) is 1. The monoisotopic (exact) mass is 372 g/mol. The molecule has 2 aromatic rings. The highest BCUT2D eigenvalue weighted by Gasteiger charge is 2.27. The molecule has 3 rings (SSSR count). The number of benzene rings is 1. The van der Waals surface area contributed by atoms with Crippen molar-refractivity contribution in [2.45, 2.75) is 45.4 Å². The van der Waals surface area contributed by atoms with E-state index in [9.17, 15) is 14.7 Å². The van der Waals surface area contributed by atoms with Gasteiger partial charge in [0.05, 0.1) is 16.3 Å². The number of hydrogen-bond acceptors (Lipinski definition) is 4. The van der Waals surface area contributed by atoms with Crippen molar-refractivity contribution in [1.82, 2.24) is 9.88 Å². The lowest BCUT2D eigenvalue weighted by Gasteiger charge is -2.32. The molecule has 1 aromatic heterocycles. The van der Waals surface area contributed by atoms with Gasteiger partial charge in [-0.1, -0.05) is 18.2 Å². The molecular formula is C20H24N2O3S. The average Bonchev–Trinajstić information content (AvgIpc) is 2.99. The van der Waals surface area contributed by atoms with Crippen LogP contribution < -0.4 is 0 Å². The lowest BCUT2D eigenvalue weighted by atomic mass is 9.97. The van der Waals surface area contributed by atoms with E-state index in [1.807, 2.05) is 17.9 Å². The second-order valence-corrected chi connectivity index (χ2v) is 8.07. The molecule has 1 aromatic carbocycles. The summed E-state index contributed by atoms with van der Waals surface area (Å²) in [7, 11) is 0. The van der Waals surface area contributed by atoms with Crippen LogP contribution in [0, 0.1) is 13.8 Å². The van der Waals surface area contributed by atoms with Gasteiger partial charge in [-0.05, 0) is 44.7 Å². The summed E-state index contributed by atoms with van der Waals surface area (Å²) in [6.45, 7) is 5.61. The zero-order chi connectivity index (χ0) is 18.7. The predicted octanol–water partition coefficient (Wildman–Crippen LogP) is 3.80. The molecular weight excluding hydrogens is 348 g/mol. The number of thiazole rings is 1. The summed E-state index contributed by atoms with van der Waals surface area (Å²) in [5, 5.41) is 10.4. The van der Waals surface area contributed by atoms with Crippen LogP contribution in [-0.4, -0.2) is 40.0 Å². The molecule has 2 heterocycles. The molecule has 1 saturated heterocycles. The molecule has 1 aliphatic rings. The number of nitrogens with zero attached hydrogens (tertiary/aromatic N) is 2. The first-order chi connectivity index (χ1) is 12.5. The van der Waals surface area contributed by atoms with Crippen molar-refractivity contribution in [1.29, 1.82) is 0 Å². The van der Waals surface area contributed by atoms with Crippen LogP contribution in [0.1, 0.15) is 56.7 Å². The Kier molecular flexibility index (Phi) is 5.71. The Morgan fingerprint density at radius 3 is 2.77 bits per heavy atom. The Morgan fingerprint density at radius 1 is 1.31 bits per heavy atom. The Morgan fingerprint density at radius 2 is 2.08 bits per heavy atom. The van der Waals surface area contributed by atoms with Gasteiger partial charge in [0.1, 0.15) is 0 Å². The van der Waals surface area contributed by atoms with Crippen molar-refractivity contribution in [3.63, 3.8) is 0 Å². The number of hydrogen-bond donors (Lipinski definition) is 1. The van der Waals surface area contributed by atoms with E-state index < -0.39 is 5.97 Å². The molecule has 26 heavy (non-hydrogen) atoms. The van der Waals surface area contributed by atoms with Gasteiger partial charge in [0.25, 0.3) is 0 Å². The number of aromatic carboxylic acids is 1. The standard InChI is InChI=1S/C20H24N2O3S/c1-13-14(2)26-19(21-13)16-7-5-11-22(12-16)18(23)10-9-15-6-3-4-8-17(15)20(24)25/h3-4,6,8,16H,5,7,9-12H2,1-2H3,(H,24,25). The molecule has 0 saturated carbocycles. The second-order valence-electron chi connectivity index (χ2n) is 6.83. The average molecular weight is 372 g/mol. The van der Waals surface area contributed by atoms with Crippen LogP contribution in [0.15, 0.2) is 24.3 Å². The van der Waals surface area contributed by atoms with Gasteiger partial charge in [0.15, 0.2) is 0 Å². The Hall–Kier alpha value is -2.21. The zero-order valence-electron chi connectivity index (χ0n) is 15.2. The van der Waals surface area contributed by atoms with E-state index in [1.165, 1.54) is 4.88 Å². The Bertz CT molecular complexity index is 796. The molecule has 1 amide bonds. The number of amides is 1. The fourth-order valence-electron chi connectivity index (χ4n) is 3.42. The van der Waals surface area contributed by atoms with Crippen molar-refractivity contribution >= 4 is 23.2 Å². The van der Waals surface area contributed by atoms with Gasteiger partial charge in [-0.3, -0.25) is 4.79 Å². The molecule has 0 aliphatic carbocycles. The summed E-state index contributed by atoms with van der Waals surface area (Å²) >= 11 is 1.74. The van der Waals surface area contributed by atoms with Crippen LogP contribution in [-0.2, 0) is 11.2 Å². The van der Waals surface area contributed by atoms with Crippen molar-refractivity contribution in [3.8, 4) is 0 Å². The zero-order valence-corrected chi connectivity index (χ0v) is 16.0. The van der Waals surface area contributed by atoms with E-state index in [0.717, 1.165) is 30.1 Å². The third-order valence-corrected chi connectivity index (χ3v) is 6.26. The summed E-state index contributed by atoms with van der Waals surface area (Å²) in [4.78, 5) is 31.8. The summed E-state index contributed by atoms with van der Waals surface area (Å²) in [5.41, 5.74) is 2.08. The van der Waals surface area contributed by atoms with Gasteiger partial charge in [-0.2, -0.15) is 0 Å². The van der Waals surface area contributed by atoms with E-state index in [2.05, 4.69) is 11.9 Å². The molecule has 138 valence electrons. The molecule has 1 unspecified atom stereocenters. The van der Waals surface area contributed by atoms with Gasteiger partial charge in [-0.25, -0.2) is 9.78 Å². The lowest BCUT2D eigenvalue weighted by Crippen LogP contribution is -2.39. The highest BCUT2D eigenvalue weighted by molar-refractivity contribution is 7.11. The number of carboxylic acids is 1. The smallest absolute Gasteiger partial charge is 0.335 e. The highest BCUT2D eigenvalue weighted by Crippen LogP contribution is 2.31. The minimum absolute atomic E-state index is 0.0971. The minimum Gasteiger partial charge on any atom is -0.478 e. The molecule has 0 radical (unpaired) electrons. The fraction of sp³-hybridized carbons (Fsp3) is 0.450. The van der Waals surface area contributed by atoms with Gasteiger partial charge >= 0.3 is 5.97 Å². The molecule has 0 spiro atoms. The molecule has 5 nitrogen and oxygen atoms in total. The first-order valence-electron chi connectivity index (χ1n) is 8.98. The highest BCUT2D eigenvalue weighted by atomic mass is 32.1. The van der Waals surface area contributed by atoms with Gasteiger partial charge in [0, 0.05) is 30.3 Å². The molecule has 1 aliphatic heterocycles. The van der Waals surface area contributed by atoms with Crippen molar-refractivity contribution < 1.29 is 14.7 Å². The Balaban J connectivity index is 1.62. The molecule has 1 fully saturated rings. The number of rotatable bonds is 5. The van der Waals surface area contributed by atoms with Crippen LogP contribution in [0.5, 0.6) is 0 Å². The van der Waals surface area contributed by atoms with E-state index in [0.29, 0.717) is 30.9 Å². The van der Waals surface area contributed by atoms with Gasteiger partial charge in [-0.15, -0.1) is 11.3 Å². The maximum absolute atomic E-state index is 12.7. The summed E-state index contributed by atoms with van der Waals surface area (Å²) < 4.78 is 0. The minimum atomic E-state index is -0.944. The van der Waals surface area contributed by atoms with E-state index >= 15 is 0 Å². The van der Waals surface area contributed by atoms with Gasteiger partial charge < -0.3 is 10.0 Å². The van der Waals surface area contributed by atoms with Crippen LogP contribution in [0.2, 0.25) is 0 Å². The van der Waals surface area contributed by atoms with Crippen LogP contribution >= 0.6 is 11.3 Å². The maximum Gasteiger partial charge on any atom is 0.335 e. The second kappa shape index (κ2) is 7.99. The van der Waals surface area contributed by atoms with E-state index in [4.69, 9.17) is 0 Å². The summed E-state index contributed by atoms with van der Waals surface area (Å²) in [6.07, 6.45) is 2.85. The third-order valence-electron chi connectivity index (χ3n) is 5.02. The van der Waals surface area contributed by atoms with Crippen molar-refractivity contribution in [3.05, 3.63) is 51.0 Å². The summed E-state index contributed by atoms with van der Waals surface area (Å²) in [6, 6.07) is 6.90. The van der Waals surface area contributed by atoms with Crippen LogP contribution in [0.4, 0.5) is 0 Å². The molecule has 1 atom stereocenters. The van der Waals surface area contributed by atoms with E-state index in [-0.39, 0.29) is 11.5 Å². The normalized spacial score (nSPS) is 17.3. The number of carbonyl (C=O) groups excluding carboxylic acids is 1. The summed E-state index contributed by atoms with van der Waals surface area (Å²) in [5.74, 6) is -0.531. The Labute approximate surface area is 157 Å². The van der Waals surface area contributed by atoms with Crippen molar-refractivity contribution in [2.24, 2.45) is 0 Å². The topological polar surface area (TPSA) is 70.5 Å². The number of aromatic nitrogens is 1. The van der Waals surface area contributed by atoms with Crippen LogP contribution in [0.25, 0.3) is 0 Å². The lowest BCUT2D eigenvalue weighted by molar-refractivity contribution is -0.132. The maximum atomic E-state index is 12.7. The molecule has 6 heteroatoms. The number of likely N-dealkylation sites (tertiary alicyclic amines) is 1. The first kappa shape index (κ1) is 18.6. The van der Waals surface area contributed by atoms with E-state index in [1.54, 1.807) is 29.5 Å². The number of carbonyl (C=O) groups is 2. The number of piperidine rings is 1. The fourth-order valence-corrected chi connectivity index (χ4v) is 4.47. The molecule has 1 N–H and O–H groups in total. The van der Waals surface area contributed by atoms with Gasteiger partial charge in [0.2, 0.25) is 5.91 Å². The largest absolute Gasteiger partial charge is 0.478 e.